The van der Waals surface area contributed by atoms with Crippen LogP contribution in [0.25, 0.3) is 0 Å². The second kappa shape index (κ2) is 6.50. The fourth-order valence-corrected chi connectivity index (χ4v) is 3.03. The van der Waals surface area contributed by atoms with Gasteiger partial charge in [0.15, 0.2) is 0 Å². The molecule has 0 unspecified atom stereocenters. The van der Waals surface area contributed by atoms with Gasteiger partial charge < -0.3 is 10.2 Å². The number of anilines is 1. The lowest BCUT2D eigenvalue weighted by atomic mass is 10.1. The van der Waals surface area contributed by atoms with E-state index in [9.17, 15) is 0 Å². The summed E-state index contributed by atoms with van der Waals surface area (Å²) in [5, 5.41) is 4.25. The van der Waals surface area contributed by atoms with Crippen molar-refractivity contribution in [3.8, 4) is 0 Å². The monoisotopic (exact) mass is 300 g/mol. The van der Waals surface area contributed by atoms with E-state index in [1.54, 1.807) is 0 Å². The lowest BCUT2D eigenvalue weighted by Crippen LogP contribution is -2.16. The van der Waals surface area contributed by atoms with Crippen molar-refractivity contribution in [2.24, 2.45) is 0 Å². The summed E-state index contributed by atoms with van der Waals surface area (Å²) in [7, 11) is 0. The highest BCUT2D eigenvalue weighted by Crippen LogP contribution is 2.30. The van der Waals surface area contributed by atoms with Crippen LogP contribution in [-0.2, 0) is 19.6 Å². The fraction of sp³-hybridized carbons (Fsp3) is 0.333. The molecule has 1 aliphatic rings. The Morgan fingerprint density at radius 1 is 1.10 bits per heavy atom. The molecule has 21 heavy (non-hydrogen) atoms. The third-order valence-electron chi connectivity index (χ3n) is 3.98. The largest absolute Gasteiger partial charge is 0.363 e. The van der Waals surface area contributed by atoms with Gasteiger partial charge in [-0.2, -0.15) is 0 Å². The predicted octanol–water partition coefficient (Wildman–Crippen LogP) is 4.36. The summed E-state index contributed by atoms with van der Waals surface area (Å²) in [6.45, 7) is 5.98. The molecular weight excluding hydrogens is 280 g/mol. The minimum atomic E-state index is 0.840. The van der Waals surface area contributed by atoms with Crippen molar-refractivity contribution in [3.05, 3.63) is 64.2 Å². The van der Waals surface area contributed by atoms with Crippen molar-refractivity contribution in [2.75, 3.05) is 11.4 Å². The maximum absolute atomic E-state index is 6.43. The third kappa shape index (κ3) is 3.22. The van der Waals surface area contributed by atoms with Crippen LogP contribution < -0.4 is 10.2 Å². The van der Waals surface area contributed by atoms with E-state index in [1.807, 2.05) is 0 Å². The van der Waals surface area contributed by atoms with E-state index in [2.05, 4.69) is 59.6 Å². The molecule has 0 saturated carbocycles. The first kappa shape index (κ1) is 14.4. The van der Waals surface area contributed by atoms with E-state index in [4.69, 9.17) is 11.6 Å². The highest BCUT2D eigenvalue weighted by atomic mass is 35.5. The van der Waals surface area contributed by atoms with E-state index < -0.39 is 0 Å². The van der Waals surface area contributed by atoms with E-state index in [1.165, 1.54) is 22.4 Å². The summed E-state index contributed by atoms with van der Waals surface area (Å²) in [5.74, 6) is 0. The van der Waals surface area contributed by atoms with Gasteiger partial charge in [-0.05, 0) is 41.8 Å². The fourth-order valence-electron chi connectivity index (χ4n) is 2.79. The molecule has 1 aliphatic heterocycles. The van der Waals surface area contributed by atoms with Gasteiger partial charge in [0, 0.05) is 30.3 Å². The number of hydrogen-bond acceptors (Lipinski definition) is 2. The SMILES string of the molecule is CCCNCc1ccc(N2Cc3ccccc3C2)cc1Cl. The maximum Gasteiger partial charge on any atom is 0.0471 e. The molecule has 1 heterocycles. The van der Waals surface area contributed by atoms with Gasteiger partial charge in [0.25, 0.3) is 0 Å². The van der Waals surface area contributed by atoms with Crippen LogP contribution in [0.5, 0.6) is 0 Å². The minimum Gasteiger partial charge on any atom is -0.363 e. The van der Waals surface area contributed by atoms with Crippen molar-refractivity contribution in [2.45, 2.75) is 33.0 Å². The van der Waals surface area contributed by atoms with Crippen LogP contribution in [0, 0.1) is 0 Å². The number of nitrogens with one attached hydrogen (secondary N) is 1. The zero-order valence-corrected chi connectivity index (χ0v) is 13.2. The molecule has 0 saturated heterocycles. The number of fused-ring (bicyclic) bond motifs is 1. The molecule has 0 fully saturated rings. The lowest BCUT2D eigenvalue weighted by Gasteiger charge is -2.19. The Labute approximate surface area is 131 Å². The van der Waals surface area contributed by atoms with Crippen LogP contribution in [0.15, 0.2) is 42.5 Å². The van der Waals surface area contributed by atoms with E-state index in [0.29, 0.717) is 0 Å². The molecule has 0 amide bonds. The molecular formula is C18H21ClN2. The smallest absolute Gasteiger partial charge is 0.0471 e. The van der Waals surface area contributed by atoms with Gasteiger partial charge in [-0.15, -0.1) is 0 Å². The topological polar surface area (TPSA) is 15.3 Å². The first-order valence-electron chi connectivity index (χ1n) is 7.59. The Kier molecular flexibility index (Phi) is 4.47. The number of nitrogens with zero attached hydrogens (tertiary/aromatic N) is 1. The standard InChI is InChI=1S/C18H21ClN2/c1-2-9-20-11-14-7-8-17(10-18(14)19)21-12-15-5-3-4-6-16(15)13-21/h3-8,10,20H,2,9,11-13H2,1H3. The Balaban J connectivity index is 1.72. The molecule has 110 valence electrons. The molecule has 0 atom stereocenters. The second-order valence-electron chi connectivity index (χ2n) is 5.58. The average molecular weight is 301 g/mol. The second-order valence-corrected chi connectivity index (χ2v) is 5.98. The van der Waals surface area contributed by atoms with Crippen LogP contribution in [-0.4, -0.2) is 6.54 Å². The van der Waals surface area contributed by atoms with Crippen LogP contribution in [0.1, 0.15) is 30.0 Å². The van der Waals surface area contributed by atoms with E-state index >= 15 is 0 Å². The molecule has 0 bridgehead atoms. The minimum absolute atomic E-state index is 0.840. The van der Waals surface area contributed by atoms with Gasteiger partial charge in [0.2, 0.25) is 0 Å². The van der Waals surface area contributed by atoms with Crippen molar-refractivity contribution >= 4 is 17.3 Å². The van der Waals surface area contributed by atoms with Crippen LogP contribution in [0.4, 0.5) is 5.69 Å². The highest BCUT2D eigenvalue weighted by molar-refractivity contribution is 6.31. The highest BCUT2D eigenvalue weighted by Gasteiger charge is 2.19. The summed E-state index contributed by atoms with van der Waals surface area (Å²) in [4.78, 5) is 2.37. The van der Waals surface area contributed by atoms with Crippen molar-refractivity contribution in [3.63, 3.8) is 0 Å². The van der Waals surface area contributed by atoms with Gasteiger partial charge in [0.1, 0.15) is 0 Å². The molecule has 0 aromatic heterocycles. The van der Waals surface area contributed by atoms with Crippen molar-refractivity contribution in [1.29, 1.82) is 0 Å². The van der Waals surface area contributed by atoms with Gasteiger partial charge in [-0.3, -0.25) is 0 Å². The third-order valence-corrected chi connectivity index (χ3v) is 4.34. The maximum atomic E-state index is 6.43. The number of benzene rings is 2. The number of rotatable bonds is 5. The van der Waals surface area contributed by atoms with Gasteiger partial charge in [-0.25, -0.2) is 0 Å². The molecule has 0 aliphatic carbocycles. The Morgan fingerprint density at radius 2 is 1.81 bits per heavy atom. The van der Waals surface area contributed by atoms with Gasteiger partial charge in [0.05, 0.1) is 0 Å². The zero-order valence-electron chi connectivity index (χ0n) is 12.4. The molecule has 3 heteroatoms. The molecule has 2 aromatic rings. The van der Waals surface area contributed by atoms with Gasteiger partial charge in [-0.1, -0.05) is 48.9 Å². The molecule has 1 N–H and O–H groups in total. The number of halogens is 1. The van der Waals surface area contributed by atoms with Crippen molar-refractivity contribution < 1.29 is 0 Å². The van der Waals surface area contributed by atoms with Crippen LogP contribution in [0.3, 0.4) is 0 Å². The Hall–Kier alpha value is -1.51. The molecule has 2 nitrogen and oxygen atoms in total. The molecule has 3 rings (SSSR count). The molecule has 2 aromatic carbocycles. The van der Waals surface area contributed by atoms with Crippen LogP contribution >= 0.6 is 11.6 Å². The average Bonchev–Trinajstić information content (AvgIpc) is 2.93. The first-order chi connectivity index (χ1) is 10.3. The van der Waals surface area contributed by atoms with Crippen LogP contribution in [0.2, 0.25) is 5.02 Å². The lowest BCUT2D eigenvalue weighted by molar-refractivity contribution is 0.675. The summed E-state index contributed by atoms with van der Waals surface area (Å²) in [5.41, 5.74) is 5.21. The summed E-state index contributed by atoms with van der Waals surface area (Å²) in [6.07, 6.45) is 1.14. The van der Waals surface area contributed by atoms with E-state index in [0.717, 1.165) is 37.6 Å². The van der Waals surface area contributed by atoms with E-state index in [-0.39, 0.29) is 0 Å². The quantitative estimate of drug-likeness (QED) is 0.825. The summed E-state index contributed by atoms with van der Waals surface area (Å²) in [6, 6.07) is 15.1. The normalized spacial score (nSPS) is 13.5. The van der Waals surface area contributed by atoms with Gasteiger partial charge >= 0.3 is 0 Å². The zero-order chi connectivity index (χ0) is 14.7. The Morgan fingerprint density at radius 3 is 2.43 bits per heavy atom. The van der Waals surface area contributed by atoms with Crippen molar-refractivity contribution in [1.82, 2.24) is 5.32 Å². The predicted molar refractivity (Wildman–Crippen MR) is 89.8 cm³/mol. The number of hydrogen-bond donors (Lipinski definition) is 1. The first-order valence-corrected chi connectivity index (χ1v) is 7.96. The molecule has 0 spiro atoms. The Bertz CT molecular complexity index is 599. The summed E-state index contributed by atoms with van der Waals surface area (Å²) < 4.78 is 0. The molecule has 0 radical (unpaired) electrons. The summed E-state index contributed by atoms with van der Waals surface area (Å²) >= 11 is 6.43.